The van der Waals surface area contributed by atoms with Crippen LogP contribution in [0.3, 0.4) is 0 Å². The van der Waals surface area contributed by atoms with Crippen LogP contribution in [0.1, 0.15) is 10.4 Å². The van der Waals surface area contributed by atoms with Crippen LogP contribution in [-0.2, 0) is 0 Å². The quantitative estimate of drug-likeness (QED) is 0.915. The summed E-state index contributed by atoms with van der Waals surface area (Å²) >= 11 is 11.9. The Labute approximate surface area is 120 Å². The van der Waals surface area contributed by atoms with Gasteiger partial charge in [0.15, 0.2) is 0 Å². The van der Waals surface area contributed by atoms with Gasteiger partial charge in [0.25, 0.3) is 0 Å². The lowest BCUT2D eigenvalue weighted by atomic mass is 10.0. The number of carboxylic acid groups (broad SMARTS) is 1. The summed E-state index contributed by atoms with van der Waals surface area (Å²) in [6, 6.07) is 9.64. The molecule has 3 nitrogen and oxygen atoms in total. The minimum Gasteiger partial charge on any atom is -0.496 e. The van der Waals surface area contributed by atoms with Gasteiger partial charge in [0.1, 0.15) is 5.75 Å². The van der Waals surface area contributed by atoms with Crippen LogP contribution in [0.4, 0.5) is 0 Å². The fourth-order valence-electron chi connectivity index (χ4n) is 1.78. The molecule has 0 fully saturated rings. The average molecular weight is 297 g/mol. The van der Waals surface area contributed by atoms with Crippen molar-refractivity contribution < 1.29 is 14.6 Å². The first-order valence-electron chi connectivity index (χ1n) is 5.39. The first kappa shape index (κ1) is 13.7. The highest BCUT2D eigenvalue weighted by atomic mass is 35.5. The minimum absolute atomic E-state index is 0.173. The molecule has 0 aliphatic rings. The second kappa shape index (κ2) is 5.51. The smallest absolute Gasteiger partial charge is 0.335 e. The number of rotatable bonds is 3. The Kier molecular flexibility index (Phi) is 3.98. The first-order valence-corrected chi connectivity index (χ1v) is 6.14. The Bertz CT molecular complexity index is 618. The number of aromatic carboxylic acids is 1. The summed E-state index contributed by atoms with van der Waals surface area (Å²) in [4.78, 5) is 11.0. The summed E-state index contributed by atoms with van der Waals surface area (Å²) in [5.74, 6) is -0.444. The zero-order valence-corrected chi connectivity index (χ0v) is 11.5. The molecule has 0 unspecified atom stereocenters. The fourth-order valence-corrected chi connectivity index (χ4v) is 2.30. The maximum atomic E-state index is 11.0. The van der Waals surface area contributed by atoms with Crippen molar-refractivity contribution >= 4 is 29.2 Å². The zero-order chi connectivity index (χ0) is 14.0. The molecule has 0 bridgehead atoms. The van der Waals surface area contributed by atoms with Crippen molar-refractivity contribution in [3.05, 3.63) is 52.0 Å². The summed E-state index contributed by atoms with van der Waals surface area (Å²) in [7, 11) is 1.52. The predicted molar refractivity (Wildman–Crippen MR) is 75.4 cm³/mol. The average Bonchev–Trinajstić information content (AvgIpc) is 2.36. The molecule has 5 heteroatoms. The van der Waals surface area contributed by atoms with Crippen molar-refractivity contribution in [3.8, 4) is 16.9 Å². The molecule has 98 valence electrons. The number of carbonyl (C=O) groups is 1. The van der Waals surface area contributed by atoms with Crippen LogP contribution >= 0.6 is 23.2 Å². The van der Waals surface area contributed by atoms with Gasteiger partial charge in [0.2, 0.25) is 0 Å². The SMILES string of the molecule is COc1ccc(C(=O)O)cc1-c1cc(Cl)cc(Cl)c1. The molecule has 2 aromatic carbocycles. The second-order valence-corrected chi connectivity index (χ2v) is 4.75. The molecule has 1 N–H and O–H groups in total. The molecule has 0 radical (unpaired) electrons. The highest BCUT2D eigenvalue weighted by molar-refractivity contribution is 6.35. The summed E-state index contributed by atoms with van der Waals surface area (Å²) in [6.07, 6.45) is 0. The number of ether oxygens (including phenoxy) is 1. The van der Waals surface area contributed by atoms with Gasteiger partial charge in [-0.15, -0.1) is 0 Å². The van der Waals surface area contributed by atoms with E-state index in [1.165, 1.54) is 19.2 Å². The Balaban J connectivity index is 2.64. The van der Waals surface area contributed by atoms with Crippen molar-refractivity contribution in [2.75, 3.05) is 7.11 Å². The first-order chi connectivity index (χ1) is 9.01. The van der Waals surface area contributed by atoms with E-state index in [2.05, 4.69) is 0 Å². The van der Waals surface area contributed by atoms with Gasteiger partial charge in [-0.1, -0.05) is 23.2 Å². The van der Waals surface area contributed by atoms with Crippen molar-refractivity contribution in [1.82, 2.24) is 0 Å². The van der Waals surface area contributed by atoms with E-state index in [9.17, 15) is 4.79 Å². The Morgan fingerprint density at radius 1 is 1.11 bits per heavy atom. The topological polar surface area (TPSA) is 46.5 Å². The number of carboxylic acids is 1. The number of benzene rings is 2. The number of hydrogen-bond donors (Lipinski definition) is 1. The maximum absolute atomic E-state index is 11.0. The Morgan fingerprint density at radius 3 is 2.26 bits per heavy atom. The zero-order valence-electron chi connectivity index (χ0n) is 9.98. The summed E-state index contributed by atoms with van der Waals surface area (Å²) < 4.78 is 5.24. The van der Waals surface area contributed by atoms with Crippen molar-refractivity contribution in [2.45, 2.75) is 0 Å². The van der Waals surface area contributed by atoms with Crippen LogP contribution in [0.25, 0.3) is 11.1 Å². The highest BCUT2D eigenvalue weighted by Gasteiger charge is 2.11. The van der Waals surface area contributed by atoms with Crippen molar-refractivity contribution in [2.24, 2.45) is 0 Å². The van der Waals surface area contributed by atoms with E-state index in [1.807, 2.05) is 0 Å². The molecule has 0 atom stereocenters. The minimum atomic E-state index is -1.00. The second-order valence-electron chi connectivity index (χ2n) is 3.88. The van der Waals surface area contributed by atoms with Gasteiger partial charge in [0, 0.05) is 15.6 Å². The maximum Gasteiger partial charge on any atom is 0.335 e. The van der Waals surface area contributed by atoms with E-state index >= 15 is 0 Å². The summed E-state index contributed by atoms with van der Waals surface area (Å²) in [5, 5.41) is 9.99. The summed E-state index contributed by atoms with van der Waals surface area (Å²) in [5.41, 5.74) is 1.51. The number of methoxy groups -OCH3 is 1. The molecular formula is C14H10Cl2O3. The van der Waals surface area contributed by atoms with Crippen molar-refractivity contribution in [3.63, 3.8) is 0 Å². The van der Waals surface area contributed by atoms with Crippen LogP contribution in [-0.4, -0.2) is 18.2 Å². The lowest BCUT2D eigenvalue weighted by Crippen LogP contribution is -1.98. The van der Waals surface area contributed by atoms with E-state index in [-0.39, 0.29) is 5.56 Å². The highest BCUT2D eigenvalue weighted by Crippen LogP contribution is 2.34. The van der Waals surface area contributed by atoms with E-state index in [1.54, 1.807) is 24.3 Å². The molecule has 2 rings (SSSR count). The third-order valence-electron chi connectivity index (χ3n) is 2.62. The lowest BCUT2D eigenvalue weighted by molar-refractivity contribution is 0.0697. The molecule has 0 heterocycles. The van der Waals surface area contributed by atoms with Crippen LogP contribution < -0.4 is 4.74 Å². The van der Waals surface area contributed by atoms with Crippen LogP contribution in [0.5, 0.6) is 5.75 Å². The van der Waals surface area contributed by atoms with E-state index < -0.39 is 5.97 Å². The third-order valence-corrected chi connectivity index (χ3v) is 3.06. The van der Waals surface area contributed by atoms with Gasteiger partial charge in [0.05, 0.1) is 12.7 Å². The van der Waals surface area contributed by atoms with Gasteiger partial charge in [-0.2, -0.15) is 0 Å². The van der Waals surface area contributed by atoms with Crippen LogP contribution in [0.15, 0.2) is 36.4 Å². The van der Waals surface area contributed by atoms with Gasteiger partial charge in [-0.05, 0) is 42.0 Å². The van der Waals surface area contributed by atoms with E-state index in [0.29, 0.717) is 26.9 Å². The molecule has 19 heavy (non-hydrogen) atoms. The molecule has 0 aliphatic heterocycles. The Morgan fingerprint density at radius 2 is 1.74 bits per heavy atom. The van der Waals surface area contributed by atoms with Crippen LogP contribution in [0, 0.1) is 0 Å². The fraction of sp³-hybridized carbons (Fsp3) is 0.0714. The monoisotopic (exact) mass is 296 g/mol. The molecule has 0 spiro atoms. The normalized spacial score (nSPS) is 10.3. The molecular weight excluding hydrogens is 287 g/mol. The van der Waals surface area contributed by atoms with Gasteiger partial charge in [-0.25, -0.2) is 4.79 Å². The molecule has 0 saturated heterocycles. The molecule has 0 amide bonds. The van der Waals surface area contributed by atoms with E-state index in [4.69, 9.17) is 33.0 Å². The van der Waals surface area contributed by atoms with Gasteiger partial charge < -0.3 is 9.84 Å². The standard InChI is InChI=1S/C14H10Cl2O3/c1-19-13-3-2-8(14(17)18)6-12(13)9-4-10(15)7-11(16)5-9/h2-7H,1H3,(H,17,18). The van der Waals surface area contributed by atoms with Crippen molar-refractivity contribution in [1.29, 1.82) is 0 Å². The predicted octanol–water partition coefficient (Wildman–Crippen LogP) is 4.37. The Hall–Kier alpha value is -1.71. The molecule has 0 saturated carbocycles. The largest absolute Gasteiger partial charge is 0.496 e. The number of hydrogen-bond acceptors (Lipinski definition) is 2. The van der Waals surface area contributed by atoms with Crippen LogP contribution in [0.2, 0.25) is 10.0 Å². The lowest BCUT2D eigenvalue weighted by Gasteiger charge is -2.10. The van der Waals surface area contributed by atoms with Gasteiger partial charge in [-0.3, -0.25) is 0 Å². The third kappa shape index (κ3) is 3.00. The van der Waals surface area contributed by atoms with Gasteiger partial charge >= 0.3 is 5.97 Å². The molecule has 2 aromatic rings. The molecule has 0 aliphatic carbocycles. The number of halogens is 2. The molecule has 0 aromatic heterocycles. The summed E-state index contributed by atoms with van der Waals surface area (Å²) in [6.45, 7) is 0. The van der Waals surface area contributed by atoms with E-state index in [0.717, 1.165) is 0 Å².